The van der Waals surface area contributed by atoms with Gasteiger partial charge in [0.25, 0.3) is 0 Å². The maximum Gasteiger partial charge on any atom is 0.408 e. The molecule has 0 heterocycles. The van der Waals surface area contributed by atoms with Crippen LogP contribution >= 0.6 is 0 Å². The molecule has 1 aromatic carbocycles. The Hall–Kier alpha value is -4.04. The van der Waals surface area contributed by atoms with E-state index in [1.807, 2.05) is 44.2 Å². The summed E-state index contributed by atoms with van der Waals surface area (Å²) in [6.45, 7) is 10.7. The zero-order chi connectivity index (χ0) is 36.2. The summed E-state index contributed by atoms with van der Waals surface area (Å²) in [6.07, 6.45) is 0.696. The number of carbonyl (C=O) groups excluding carboxylic acids is 6. The quantitative estimate of drug-likeness (QED) is 0.123. The van der Waals surface area contributed by atoms with E-state index in [1.165, 1.54) is 13.8 Å². The second-order valence-electron chi connectivity index (χ2n) is 13.8. The highest BCUT2D eigenvalue weighted by Gasteiger charge is 2.42. The number of aldehydes is 1. The Morgan fingerprint density at radius 1 is 0.875 bits per heavy atom. The zero-order valence-corrected chi connectivity index (χ0v) is 28.9. The third-order valence-corrected chi connectivity index (χ3v) is 8.25. The number of alkyl carbamates (subject to hydrolysis) is 1. The molecule has 0 radical (unpaired) electrons. The second kappa shape index (κ2) is 18.5. The first-order valence-corrected chi connectivity index (χ1v) is 16.5. The van der Waals surface area contributed by atoms with Crippen LogP contribution in [0.2, 0.25) is 0 Å². The van der Waals surface area contributed by atoms with E-state index in [2.05, 4.69) is 26.6 Å². The molecule has 8 unspecified atom stereocenters. The number of amides is 5. The van der Waals surface area contributed by atoms with Gasteiger partial charge in [-0.2, -0.15) is 0 Å². The van der Waals surface area contributed by atoms with Crippen molar-refractivity contribution in [2.45, 2.75) is 116 Å². The molecule has 7 N–H and O–H groups in total. The highest BCUT2D eigenvalue weighted by Crippen LogP contribution is 2.36. The zero-order valence-electron chi connectivity index (χ0n) is 28.9. The van der Waals surface area contributed by atoms with Crippen molar-refractivity contribution in [3.63, 3.8) is 0 Å². The first-order chi connectivity index (χ1) is 22.5. The molecule has 0 spiro atoms. The summed E-state index contributed by atoms with van der Waals surface area (Å²) in [5.74, 6) is -3.58. The molecule has 1 aliphatic carbocycles. The van der Waals surface area contributed by atoms with Crippen LogP contribution in [0.25, 0.3) is 0 Å². The van der Waals surface area contributed by atoms with Crippen LogP contribution < -0.4 is 26.6 Å². The molecule has 1 aromatic rings. The molecule has 5 amide bonds. The summed E-state index contributed by atoms with van der Waals surface area (Å²) in [4.78, 5) is 75.7. The highest BCUT2D eigenvalue weighted by atomic mass is 16.6. The second-order valence-corrected chi connectivity index (χ2v) is 13.8. The van der Waals surface area contributed by atoms with Gasteiger partial charge in [0.2, 0.25) is 23.6 Å². The number of benzene rings is 1. The van der Waals surface area contributed by atoms with Gasteiger partial charge in [0.15, 0.2) is 0 Å². The molecule has 48 heavy (non-hydrogen) atoms. The van der Waals surface area contributed by atoms with Gasteiger partial charge in [-0.05, 0) is 71.3 Å². The van der Waals surface area contributed by atoms with Crippen molar-refractivity contribution in [2.24, 2.45) is 17.8 Å². The lowest BCUT2D eigenvalue weighted by Crippen LogP contribution is -2.58. The van der Waals surface area contributed by atoms with Crippen molar-refractivity contribution in [3.8, 4) is 0 Å². The van der Waals surface area contributed by atoms with Crippen LogP contribution in [0.1, 0.15) is 73.3 Å². The van der Waals surface area contributed by atoms with Crippen molar-refractivity contribution in [2.75, 3.05) is 6.61 Å². The number of hydrogen-bond acceptors (Lipinski definition) is 9. The molecule has 8 atom stereocenters. The minimum atomic E-state index is -1.38. The van der Waals surface area contributed by atoms with E-state index in [0.717, 1.165) is 5.56 Å². The molecule has 1 fully saturated rings. The maximum absolute atomic E-state index is 13.4. The van der Waals surface area contributed by atoms with Gasteiger partial charge in [0.1, 0.15) is 30.0 Å². The summed E-state index contributed by atoms with van der Waals surface area (Å²) in [7, 11) is 0. The maximum atomic E-state index is 13.4. The summed E-state index contributed by atoms with van der Waals surface area (Å²) >= 11 is 0. The van der Waals surface area contributed by atoms with Crippen LogP contribution in [-0.4, -0.2) is 94.7 Å². The van der Waals surface area contributed by atoms with Crippen molar-refractivity contribution < 1.29 is 43.7 Å². The normalized spacial score (nSPS) is 19.9. The number of ether oxygens (including phenoxy) is 1. The summed E-state index contributed by atoms with van der Waals surface area (Å²) in [6, 6.07) is 4.15. The number of aliphatic hydroxyl groups excluding tert-OH is 2. The fourth-order valence-corrected chi connectivity index (χ4v) is 5.51. The van der Waals surface area contributed by atoms with Crippen molar-refractivity contribution in [1.29, 1.82) is 0 Å². The molecule has 14 nitrogen and oxygen atoms in total. The van der Waals surface area contributed by atoms with Crippen molar-refractivity contribution in [1.82, 2.24) is 26.6 Å². The van der Waals surface area contributed by atoms with Gasteiger partial charge in [-0.15, -0.1) is 0 Å². The minimum absolute atomic E-state index is 0.0981. The average molecular weight is 676 g/mol. The fourth-order valence-electron chi connectivity index (χ4n) is 5.51. The number of rotatable bonds is 16. The SMILES string of the molecule is CC(NC(=O)C(C)NC(=O)C(CO)NC(=O)OC(C)(C)C)C(=O)NC(Cc1ccccc1)C(O)C1CCCC1C(=O)NC(C=O)C(C)C. The largest absolute Gasteiger partial charge is 0.444 e. The van der Waals surface area contributed by atoms with Gasteiger partial charge in [0.05, 0.1) is 24.8 Å². The molecule has 268 valence electrons. The van der Waals surface area contributed by atoms with E-state index >= 15 is 0 Å². The first kappa shape index (κ1) is 40.1. The molecule has 14 heteroatoms. The molecule has 0 bridgehead atoms. The Balaban J connectivity index is 2.10. The molecule has 0 saturated heterocycles. The van der Waals surface area contributed by atoms with E-state index in [1.54, 1.807) is 20.8 Å². The predicted molar refractivity (Wildman–Crippen MR) is 177 cm³/mol. The van der Waals surface area contributed by atoms with E-state index in [0.29, 0.717) is 25.5 Å². The van der Waals surface area contributed by atoms with E-state index < -0.39 is 84.2 Å². The van der Waals surface area contributed by atoms with Gasteiger partial charge >= 0.3 is 6.09 Å². The Morgan fingerprint density at radius 3 is 2.00 bits per heavy atom. The highest BCUT2D eigenvalue weighted by molar-refractivity contribution is 5.93. The van der Waals surface area contributed by atoms with Crippen LogP contribution in [0.5, 0.6) is 0 Å². The molecule has 0 aliphatic heterocycles. The lowest BCUT2D eigenvalue weighted by molar-refractivity contribution is -0.133. The summed E-state index contributed by atoms with van der Waals surface area (Å²) < 4.78 is 5.10. The van der Waals surface area contributed by atoms with Crippen molar-refractivity contribution >= 4 is 36.0 Å². The van der Waals surface area contributed by atoms with Crippen LogP contribution in [0.4, 0.5) is 4.79 Å². The monoisotopic (exact) mass is 675 g/mol. The molecule has 1 aliphatic rings. The first-order valence-electron chi connectivity index (χ1n) is 16.5. The van der Waals surface area contributed by atoms with Gasteiger partial charge < -0.3 is 46.3 Å². The third-order valence-electron chi connectivity index (χ3n) is 8.25. The fraction of sp³-hybridized carbons (Fsp3) is 0.647. The number of aliphatic hydroxyl groups is 2. The van der Waals surface area contributed by atoms with Gasteiger partial charge in [-0.1, -0.05) is 50.6 Å². The minimum Gasteiger partial charge on any atom is -0.444 e. The predicted octanol–water partition coefficient (Wildman–Crippen LogP) is 0.726. The number of nitrogens with one attached hydrogen (secondary N) is 5. The standard InChI is InChI=1S/C34H53N5O9/c1-19(2)26(17-40)38-31(45)24-15-11-14-23(24)28(42)25(16-22-12-9-8-10-13-22)37-30(44)21(4)35-29(43)20(3)36-32(46)27(18-41)39-33(47)48-34(5,6)7/h8-10,12-13,17,19-21,23-28,41-42H,11,14-16,18H2,1-7H3,(H,35,43)(H,36,46)(H,37,44)(H,38,45)(H,39,47). The summed E-state index contributed by atoms with van der Waals surface area (Å²) in [5.41, 5.74) is 0.00974. The van der Waals surface area contributed by atoms with E-state index in [4.69, 9.17) is 4.74 Å². The van der Waals surface area contributed by atoms with Crippen LogP contribution in [0.3, 0.4) is 0 Å². The Bertz CT molecular complexity index is 1250. The topological polar surface area (TPSA) is 212 Å². The van der Waals surface area contributed by atoms with Gasteiger partial charge in [-0.3, -0.25) is 19.2 Å². The smallest absolute Gasteiger partial charge is 0.408 e. The molecule has 1 saturated carbocycles. The summed E-state index contributed by atoms with van der Waals surface area (Å²) in [5, 5.41) is 34.1. The Morgan fingerprint density at radius 2 is 1.46 bits per heavy atom. The number of carbonyl (C=O) groups is 6. The molecule has 2 rings (SSSR count). The van der Waals surface area contributed by atoms with E-state index in [9.17, 15) is 39.0 Å². The molecule has 0 aromatic heterocycles. The lowest BCUT2D eigenvalue weighted by Gasteiger charge is -2.33. The van der Waals surface area contributed by atoms with Crippen LogP contribution in [0.15, 0.2) is 30.3 Å². The lowest BCUT2D eigenvalue weighted by atomic mass is 9.84. The molecular formula is C34H53N5O9. The third kappa shape index (κ3) is 12.5. The van der Waals surface area contributed by atoms with Gasteiger partial charge in [0, 0.05) is 5.92 Å². The Labute approximate surface area is 282 Å². The molecular weight excluding hydrogens is 622 g/mol. The van der Waals surface area contributed by atoms with Gasteiger partial charge in [-0.25, -0.2) is 4.79 Å². The van der Waals surface area contributed by atoms with Crippen LogP contribution in [0, 0.1) is 17.8 Å². The number of hydrogen-bond donors (Lipinski definition) is 7. The van der Waals surface area contributed by atoms with Crippen LogP contribution in [-0.2, 0) is 35.1 Å². The van der Waals surface area contributed by atoms with Crippen molar-refractivity contribution in [3.05, 3.63) is 35.9 Å². The Kier molecular flexibility index (Phi) is 15.5. The van der Waals surface area contributed by atoms with E-state index in [-0.39, 0.29) is 18.2 Å². The average Bonchev–Trinajstić information content (AvgIpc) is 3.51.